The summed E-state index contributed by atoms with van der Waals surface area (Å²) in [7, 11) is -1.80. The van der Waals surface area contributed by atoms with Gasteiger partial charge < -0.3 is 10.1 Å². The number of nitrogens with one attached hydrogen (secondary N) is 1. The third kappa shape index (κ3) is 3.70. The molecule has 0 fully saturated rings. The summed E-state index contributed by atoms with van der Waals surface area (Å²) in [4.78, 5) is 12.1. The average molecular weight is 343 g/mol. The van der Waals surface area contributed by atoms with Crippen molar-refractivity contribution in [3.8, 4) is 0 Å². The fourth-order valence-corrected chi connectivity index (χ4v) is 2.58. The number of ether oxygens (including phenoxy) is 1. The van der Waals surface area contributed by atoms with E-state index in [2.05, 4.69) is 20.3 Å². The number of methoxy groups -OCH3 is 1. The van der Waals surface area contributed by atoms with Gasteiger partial charge in [-0.2, -0.15) is 0 Å². The largest absolute Gasteiger partial charge is 0.380 e. The van der Waals surface area contributed by atoms with Gasteiger partial charge in [0.2, 0.25) is 0 Å². The summed E-state index contributed by atoms with van der Waals surface area (Å²) >= 11 is 6.03. The Morgan fingerprint density at radius 1 is 1.32 bits per heavy atom. The Labute approximate surface area is 133 Å². The van der Waals surface area contributed by atoms with E-state index in [0.29, 0.717) is 22.8 Å². The van der Waals surface area contributed by atoms with E-state index < -0.39 is 9.84 Å². The summed E-state index contributed by atoms with van der Waals surface area (Å²) in [6.07, 6.45) is 2.44. The van der Waals surface area contributed by atoms with Crippen molar-refractivity contribution in [2.45, 2.75) is 18.6 Å². The third-order valence-electron chi connectivity index (χ3n) is 2.87. The Bertz CT molecular complexity index is 796. The molecule has 0 bridgehead atoms. The number of halogens is 1. The van der Waals surface area contributed by atoms with Gasteiger partial charge in [0, 0.05) is 13.4 Å². The van der Waals surface area contributed by atoms with Crippen molar-refractivity contribution in [2.75, 3.05) is 18.7 Å². The molecule has 0 aromatic carbocycles. The highest BCUT2D eigenvalue weighted by Crippen LogP contribution is 2.25. The molecule has 0 radical (unpaired) electrons. The number of hydrogen-bond donors (Lipinski definition) is 1. The molecule has 1 N–H and O–H groups in total. The number of aromatic nitrogens is 3. The lowest BCUT2D eigenvalue weighted by Crippen LogP contribution is -2.06. The minimum Gasteiger partial charge on any atom is -0.380 e. The van der Waals surface area contributed by atoms with Gasteiger partial charge >= 0.3 is 0 Å². The standard InChI is InChI=1S/C13H15ClN4O3S/c1-8-10(4-5-11(17-8)22(3,19)20)18-13-9(6-21-2)12(14)15-7-16-13/h4-5,7H,6H2,1-3H3,(H,15,16,18). The molecule has 0 unspecified atom stereocenters. The zero-order valence-corrected chi connectivity index (χ0v) is 13.9. The SMILES string of the molecule is COCc1c(Cl)ncnc1Nc1ccc(S(C)(=O)=O)nc1C. The number of rotatable bonds is 5. The van der Waals surface area contributed by atoms with Gasteiger partial charge in [-0.15, -0.1) is 0 Å². The average Bonchev–Trinajstić information content (AvgIpc) is 2.43. The molecule has 0 aliphatic carbocycles. The first-order valence-corrected chi connectivity index (χ1v) is 8.53. The predicted octanol–water partition coefficient (Wildman–Crippen LogP) is 2.13. The molecule has 2 heterocycles. The highest BCUT2D eigenvalue weighted by Gasteiger charge is 2.14. The third-order valence-corrected chi connectivity index (χ3v) is 4.19. The van der Waals surface area contributed by atoms with Gasteiger partial charge in [0.1, 0.15) is 17.3 Å². The quantitative estimate of drug-likeness (QED) is 0.831. The van der Waals surface area contributed by atoms with Crippen LogP contribution in [0.2, 0.25) is 5.15 Å². The summed E-state index contributed by atoms with van der Waals surface area (Å²) in [5.41, 5.74) is 1.76. The minimum atomic E-state index is -3.34. The van der Waals surface area contributed by atoms with Gasteiger partial charge in [0.25, 0.3) is 0 Å². The van der Waals surface area contributed by atoms with Crippen LogP contribution < -0.4 is 5.32 Å². The zero-order valence-electron chi connectivity index (χ0n) is 12.3. The molecule has 2 aromatic heterocycles. The molecule has 0 atom stereocenters. The van der Waals surface area contributed by atoms with Crippen molar-refractivity contribution in [2.24, 2.45) is 0 Å². The molecule has 0 aliphatic rings. The Balaban J connectivity index is 2.38. The summed E-state index contributed by atoms with van der Waals surface area (Å²) in [6, 6.07) is 3.06. The molecule has 0 amide bonds. The number of aryl methyl sites for hydroxylation is 1. The molecule has 0 spiro atoms. The minimum absolute atomic E-state index is 0.0217. The second-order valence-corrected chi connectivity index (χ2v) is 6.92. The zero-order chi connectivity index (χ0) is 16.3. The van der Waals surface area contributed by atoms with Crippen LogP contribution in [0.1, 0.15) is 11.3 Å². The number of nitrogens with zero attached hydrogens (tertiary/aromatic N) is 3. The molecule has 0 aliphatic heterocycles. The van der Waals surface area contributed by atoms with Crippen LogP contribution in [0.4, 0.5) is 11.5 Å². The van der Waals surface area contributed by atoms with Gasteiger partial charge in [-0.3, -0.25) is 0 Å². The normalized spacial score (nSPS) is 11.5. The first-order valence-electron chi connectivity index (χ1n) is 6.26. The van der Waals surface area contributed by atoms with Crippen molar-refractivity contribution >= 4 is 32.9 Å². The number of anilines is 2. The first-order chi connectivity index (χ1) is 10.3. The lowest BCUT2D eigenvalue weighted by atomic mass is 10.2. The van der Waals surface area contributed by atoms with Crippen LogP contribution in [-0.2, 0) is 21.2 Å². The van der Waals surface area contributed by atoms with E-state index in [1.807, 2.05) is 0 Å². The molecule has 7 nitrogen and oxygen atoms in total. The highest BCUT2D eigenvalue weighted by molar-refractivity contribution is 7.90. The Morgan fingerprint density at radius 3 is 2.64 bits per heavy atom. The number of sulfone groups is 1. The molecular weight excluding hydrogens is 328 g/mol. The molecule has 2 rings (SSSR count). The van der Waals surface area contributed by atoms with Crippen LogP contribution in [-0.4, -0.2) is 36.7 Å². The fourth-order valence-electron chi connectivity index (χ4n) is 1.77. The monoisotopic (exact) mass is 342 g/mol. The Morgan fingerprint density at radius 2 is 2.05 bits per heavy atom. The predicted molar refractivity (Wildman–Crippen MR) is 83.1 cm³/mol. The van der Waals surface area contributed by atoms with E-state index >= 15 is 0 Å². The summed E-state index contributed by atoms with van der Waals surface area (Å²) in [5, 5.41) is 3.38. The lowest BCUT2D eigenvalue weighted by molar-refractivity contribution is 0.185. The van der Waals surface area contributed by atoms with Gasteiger partial charge in [-0.1, -0.05) is 11.6 Å². The van der Waals surface area contributed by atoms with Crippen molar-refractivity contribution in [3.05, 3.63) is 34.9 Å². The van der Waals surface area contributed by atoms with E-state index in [9.17, 15) is 8.42 Å². The maximum absolute atomic E-state index is 11.5. The highest BCUT2D eigenvalue weighted by atomic mass is 35.5. The van der Waals surface area contributed by atoms with Crippen LogP contribution in [0.5, 0.6) is 0 Å². The Kier molecular flexibility index (Phi) is 4.94. The molecule has 22 heavy (non-hydrogen) atoms. The number of hydrogen-bond acceptors (Lipinski definition) is 7. The summed E-state index contributed by atoms with van der Waals surface area (Å²) in [5.74, 6) is 0.485. The molecular formula is C13H15ClN4O3S. The maximum atomic E-state index is 11.5. The molecule has 2 aromatic rings. The van der Waals surface area contributed by atoms with Gasteiger partial charge in [-0.25, -0.2) is 23.4 Å². The van der Waals surface area contributed by atoms with Crippen LogP contribution in [0.25, 0.3) is 0 Å². The molecule has 118 valence electrons. The van der Waals surface area contributed by atoms with Gasteiger partial charge in [-0.05, 0) is 19.1 Å². The second kappa shape index (κ2) is 6.55. The summed E-state index contributed by atoms with van der Waals surface area (Å²) < 4.78 is 28.1. The van der Waals surface area contributed by atoms with Crippen LogP contribution in [0, 0.1) is 6.92 Å². The van der Waals surface area contributed by atoms with E-state index in [0.717, 1.165) is 6.26 Å². The van der Waals surface area contributed by atoms with Crippen molar-refractivity contribution < 1.29 is 13.2 Å². The van der Waals surface area contributed by atoms with Crippen molar-refractivity contribution in [1.82, 2.24) is 15.0 Å². The fraction of sp³-hybridized carbons (Fsp3) is 0.308. The van der Waals surface area contributed by atoms with Crippen LogP contribution in [0.15, 0.2) is 23.5 Å². The number of pyridine rings is 1. The van der Waals surface area contributed by atoms with Crippen LogP contribution >= 0.6 is 11.6 Å². The lowest BCUT2D eigenvalue weighted by Gasteiger charge is -2.13. The first kappa shape index (κ1) is 16.6. The molecule has 9 heteroatoms. The van der Waals surface area contributed by atoms with Crippen LogP contribution in [0.3, 0.4) is 0 Å². The van der Waals surface area contributed by atoms with Crippen molar-refractivity contribution in [3.63, 3.8) is 0 Å². The van der Waals surface area contributed by atoms with Crippen molar-refractivity contribution in [1.29, 1.82) is 0 Å². The van der Waals surface area contributed by atoms with E-state index in [1.54, 1.807) is 20.1 Å². The van der Waals surface area contributed by atoms with E-state index in [-0.39, 0.29) is 16.8 Å². The molecule has 0 saturated carbocycles. The van der Waals surface area contributed by atoms with E-state index in [4.69, 9.17) is 16.3 Å². The maximum Gasteiger partial charge on any atom is 0.192 e. The second-order valence-electron chi connectivity index (χ2n) is 4.60. The van der Waals surface area contributed by atoms with E-state index in [1.165, 1.54) is 12.4 Å². The van der Waals surface area contributed by atoms with Gasteiger partial charge in [0.15, 0.2) is 14.9 Å². The van der Waals surface area contributed by atoms with Gasteiger partial charge in [0.05, 0.1) is 23.6 Å². The summed E-state index contributed by atoms with van der Waals surface area (Å²) in [6.45, 7) is 1.95. The Hall–Kier alpha value is -1.77. The molecule has 0 saturated heterocycles. The topological polar surface area (TPSA) is 94.1 Å². The smallest absolute Gasteiger partial charge is 0.192 e.